The second-order valence-corrected chi connectivity index (χ2v) is 8.02. The Morgan fingerprint density at radius 2 is 1.71 bits per heavy atom. The molecule has 0 spiro atoms. The summed E-state index contributed by atoms with van der Waals surface area (Å²) in [6, 6.07) is 22.1. The third-order valence-corrected chi connectivity index (χ3v) is 6.10. The van der Waals surface area contributed by atoms with E-state index in [0.717, 1.165) is 48.9 Å². The van der Waals surface area contributed by atoms with E-state index in [-0.39, 0.29) is 6.61 Å². The van der Waals surface area contributed by atoms with Gasteiger partial charge < -0.3 is 19.3 Å². The summed E-state index contributed by atoms with van der Waals surface area (Å²) in [7, 11) is 3.38. The molecular formula is C26H24O4S. The summed E-state index contributed by atoms with van der Waals surface area (Å²) in [5.41, 5.74) is 3.21. The molecule has 158 valence electrons. The highest BCUT2D eigenvalue weighted by Gasteiger charge is 2.19. The fourth-order valence-corrected chi connectivity index (χ4v) is 4.65. The summed E-state index contributed by atoms with van der Waals surface area (Å²) < 4.78 is 18.4. The summed E-state index contributed by atoms with van der Waals surface area (Å²) in [5, 5.41) is 10.0. The van der Waals surface area contributed by atoms with Crippen molar-refractivity contribution in [1.29, 1.82) is 0 Å². The quantitative estimate of drug-likeness (QED) is 0.344. The number of ether oxygens (including phenoxy) is 3. The first-order valence-corrected chi connectivity index (χ1v) is 10.8. The highest BCUT2D eigenvalue weighted by Crippen LogP contribution is 2.48. The Morgan fingerprint density at radius 3 is 2.45 bits per heavy atom. The second-order valence-electron chi connectivity index (χ2n) is 6.97. The average Bonchev–Trinajstić information content (AvgIpc) is 3.16. The van der Waals surface area contributed by atoms with Crippen molar-refractivity contribution in [2.75, 3.05) is 20.8 Å². The van der Waals surface area contributed by atoms with Gasteiger partial charge in [-0.1, -0.05) is 48.6 Å². The van der Waals surface area contributed by atoms with Crippen molar-refractivity contribution in [3.05, 3.63) is 83.9 Å². The number of methoxy groups -OCH3 is 2. The van der Waals surface area contributed by atoms with Gasteiger partial charge in [0.05, 0.1) is 25.2 Å². The van der Waals surface area contributed by atoms with E-state index in [4.69, 9.17) is 19.3 Å². The largest absolute Gasteiger partial charge is 0.497 e. The maximum atomic E-state index is 8.96. The van der Waals surface area contributed by atoms with Gasteiger partial charge in [-0.2, -0.15) is 0 Å². The first-order chi connectivity index (χ1) is 15.2. The SMILES string of the molecule is COCc1ccccc1-c1sc2cc(OC)ccc2c1Oc1ccc(/C=C/CO)cc1. The van der Waals surface area contributed by atoms with Crippen molar-refractivity contribution in [2.24, 2.45) is 0 Å². The minimum atomic E-state index is 0.0207. The van der Waals surface area contributed by atoms with Gasteiger partial charge in [0, 0.05) is 22.8 Å². The molecule has 5 heteroatoms. The molecule has 1 aromatic heterocycles. The Balaban J connectivity index is 1.81. The molecule has 1 heterocycles. The molecular weight excluding hydrogens is 408 g/mol. The molecule has 0 fully saturated rings. The molecule has 0 radical (unpaired) electrons. The molecule has 0 amide bonds. The lowest BCUT2D eigenvalue weighted by atomic mass is 10.1. The monoisotopic (exact) mass is 432 g/mol. The van der Waals surface area contributed by atoms with Crippen LogP contribution in [0.2, 0.25) is 0 Å². The molecule has 0 saturated heterocycles. The Labute approximate surface area is 186 Å². The first-order valence-electron chi connectivity index (χ1n) is 9.96. The van der Waals surface area contributed by atoms with Gasteiger partial charge in [0.15, 0.2) is 5.75 Å². The number of hydrogen-bond donors (Lipinski definition) is 1. The van der Waals surface area contributed by atoms with Crippen LogP contribution in [0, 0.1) is 0 Å². The van der Waals surface area contributed by atoms with Crippen molar-refractivity contribution < 1.29 is 19.3 Å². The molecule has 0 aliphatic rings. The Hall–Kier alpha value is -3.12. The Bertz CT molecular complexity index is 1190. The highest BCUT2D eigenvalue weighted by molar-refractivity contribution is 7.22. The zero-order chi connectivity index (χ0) is 21.6. The lowest BCUT2D eigenvalue weighted by Crippen LogP contribution is -1.92. The van der Waals surface area contributed by atoms with Crippen LogP contribution in [0.25, 0.3) is 26.6 Å². The number of benzene rings is 3. The molecule has 3 aromatic carbocycles. The van der Waals surface area contributed by atoms with Crippen LogP contribution in [0.5, 0.6) is 17.2 Å². The van der Waals surface area contributed by atoms with Gasteiger partial charge in [-0.15, -0.1) is 11.3 Å². The topological polar surface area (TPSA) is 47.9 Å². The van der Waals surface area contributed by atoms with Gasteiger partial charge >= 0.3 is 0 Å². The maximum Gasteiger partial charge on any atom is 0.153 e. The molecule has 31 heavy (non-hydrogen) atoms. The van der Waals surface area contributed by atoms with Crippen LogP contribution in [-0.4, -0.2) is 25.9 Å². The van der Waals surface area contributed by atoms with Crippen LogP contribution in [-0.2, 0) is 11.3 Å². The normalized spacial score (nSPS) is 11.3. The Morgan fingerprint density at radius 1 is 0.935 bits per heavy atom. The van der Waals surface area contributed by atoms with E-state index >= 15 is 0 Å². The fraction of sp³-hybridized carbons (Fsp3) is 0.154. The van der Waals surface area contributed by atoms with Gasteiger partial charge in [0.1, 0.15) is 11.5 Å². The number of thiophene rings is 1. The molecule has 0 unspecified atom stereocenters. The van der Waals surface area contributed by atoms with Crippen molar-refractivity contribution >= 4 is 27.5 Å². The van der Waals surface area contributed by atoms with E-state index in [2.05, 4.69) is 12.1 Å². The molecule has 4 rings (SSSR count). The third kappa shape index (κ3) is 4.64. The summed E-state index contributed by atoms with van der Waals surface area (Å²) in [5.74, 6) is 2.39. The van der Waals surface area contributed by atoms with E-state index in [0.29, 0.717) is 6.61 Å². The minimum Gasteiger partial charge on any atom is -0.497 e. The first kappa shape index (κ1) is 21.1. The molecule has 4 nitrogen and oxygen atoms in total. The molecule has 0 aliphatic carbocycles. The van der Waals surface area contributed by atoms with Crippen molar-refractivity contribution in [3.63, 3.8) is 0 Å². The highest BCUT2D eigenvalue weighted by atomic mass is 32.1. The van der Waals surface area contributed by atoms with Gasteiger partial charge in [0.2, 0.25) is 0 Å². The van der Waals surface area contributed by atoms with E-state index < -0.39 is 0 Å². The number of hydrogen-bond acceptors (Lipinski definition) is 5. The minimum absolute atomic E-state index is 0.0207. The van der Waals surface area contributed by atoms with Crippen LogP contribution < -0.4 is 9.47 Å². The van der Waals surface area contributed by atoms with Gasteiger partial charge in [-0.3, -0.25) is 0 Å². The van der Waals surface area contributed by atoms with E-state index in [1.165, 1.54) is 0 Å². The lowest BCUT2D eigenvalue weighted by Gasteiger charge is -2.11. The molecule has 0 aliphatic heterocycles. The molecule has 0 bridgehead atoms. The standard InChI is InChI=1S/C26H24O4S/c1-28-17-19-7-3-4-8-22(19)26-25(23-14-13-21(29-2)16-24(23)31-26)30-20-11-9-18(10-12-20)6-5-15-27/h3-14,16,27H,15,17H2,1-2H3/b6-5+. The van der Waals surface area contributed by atoms with E-state index in [9.17, 15) is 0 Å². The number of fused-ring (bicyclic) bond motifs is 1. The van der Waals surface area contributed by atoms with Crippen LogP contribution in [0.1, 0.15) is 11.1 Å². The van der Waals surface area contributed by atoms with Gasteiger partial charge in [-0.05, 0) is 41.5 Å². The van der Waals surface area contributed by atoms with Gasteiger partial charge in [0.25, 0.3) is 0 Å². The van der Waals surface area contributed by atoms with E-state index in [1.807, 2.05) is 60.7 Å². The number of rotatable bonds is 8. The smallest absolute Gasteiger partial charge is 0.153 e. The summed E-state index contributed by atoms with van der Waals surface area (Å²) in [6.45, 7) is 0.548. The summed E-state index contributed by atoms with van der Waals surface area (Å²) >= 11 is 1.68. The fourth-order valence-electron chi connectivity index (χ4n) is 3.44. The second kappa shape index (κ2) is 9.79. The third-order valence-electron chi connectivity index (χ3n) is 4.93. The zero-order valence-electron chi connectivity index (χ0n) is 17.5. The zero-order valence-corrected chi connectivity index (χ0v) is 18.3. The predicted octanol–water partition coefficient (Wildman–Crippen LogP) is 6.52. The molecule has 1 N–H and O–H groups in total. The molecule has 0 atom stereocenters. The number of aliphatic hydroxyl groups excluding tert-OH is 1. The van der Waals surface area contributed by atoms with Crippen LogP contribution in [0.3, 0.4) is 0 Å². The van der Waals surface area contributed by atoms with Gasteiger partial charge in [-0.25, -0.2) is 0 Å². The molecule has 0 saturated carbocycles. The Kier molecular flexibility index (Phi) is 6.67. The van der Waals surface area contributed by atoms with Crippen molar-refractivity contribution in [3.8, 4) is 27.7 Å². The van der Waals surface area contributed by atoms with Crippen LogP contribution >= 0.6 is 11.3 Å². The number of aliphatic hydroxyl groups is 1. The molecule has 4 aromatic rings. The van der Waals surface area contributed by atoms with Crippen molar-refractivity contribution in [2.45, 2.75) is 6.61 Å². The lowest BCUT2D eigenvalue weighted by molar-refractivity contribution is 0.185. The predicted molar refractivity (Wildman–Crippen MR) is 127 cm³/mol. The van der Waals surface area contributed by atoms with Crippen LogP contribution in [0.15, 0.2) is 72.8 Å². The van der Waals surface area contributed by atoms with Crippen molar-refractivity contribution in [1.82, 2.24) is 0 Å². The van der Waals surface area contributed by atoms with E-state index in [1.54, 1.807) is 31.6 Å². The van der Waals surface area contributed by atoms with Crippen LogP contribution in [0.4, 0.5) is 0 Å². The maximum absolute atomic E-state index is 8.96. The summed E-state index contributed by atoms with van der Waals surface area (Å²) in [4.78, 5) is 1.06. The summed E-state index contributed by atoms with van der Waals surface area (Å²) in [6.07, 6.45) is 3.59. The average molecular weight is 433 g/mol.